The normalized spacial score (nSPS) is 10.8. The SMILES string of the molecule is Cc1ccc(-n2cnnc2SCC(=O)Nc2ccc(F)cc2Cl)c(C)c1. The fourth-order valence-corrected chi connectivity index (χ4v) is 3.41. The van der Waals surface area contributed by atoms with E-state index < -0.39 is 5.82 Å². The number of halogens is 2. The first kappa shape index (κ1) is 18.4. The lowest BCUT2D eigenvalue weighted by Crippen LogP contribution is -2.15. The molecule has 0 saturated heterocycles. The Kier molecular flexibility index (Phi) is 5.58. The first-order chi connectivity index (χ1) is 12.4. The van der Waals surface area contributed by atoms with Gasteiger partial charge in [-0.25, -0.2) is 4.39 Å². The van der Waals surface area contributed by atoms with E-state index in [2.05, 4.69) is 21.6 Å². The molecule has 8 heteroatoms. The maximum absolute atomic E-state index is 13.1. The number of carbonyl (C=O) groups excluding carboxylic acids is 1. The lowest BCUT2D eigenvalue weighted by atomic mass is 10.1. The number of hydrogen-bond acceptors (Lipinski definition) is 4. The van der Waals surface area contributed by atoms with Gasteiger partial charge < -0.3 is 5.32 Å². The Bertz CT molecular complexity index is 960. The summed E-state index contributed by atoms with van der Waals surface area (Å²) in [6.07, 6.45) is 1.62. The molecular weight excluding hydrogens is 375 g/mol. The molecule has 0 aliphatic heterocycles. The lowest BCUT2D eigenvalue weighted by molar-refractivity contribution is -0.113. The topological polar surface area (TPSA) is 59.8 Å². The molecule has 26 heavy (non-hydrogen) atoms. The Morgan fingerprint density at radius 1 is 1.27 bits per heavy atom. The fraction of sp³-hybridized carbons (Fsp3) is 0.167. The molecule has 3 rings (SSSR count). The molecule has 0 aliphatic rings. The number of aromatic nitrogens is 3. The predicted molar refractivity (Wildman–Crippen MR) is 102 cm³/mol. The molecule has 1 aromatic heterocycles. The molecule has 0 radical (unpaired) electrons. The van der Waals surface area contributed by atoms with E-state index in [1.54, 1.807) is 6.33 Å². The molecule has 0 atom stereocenters. The predicted octanol–water partition coefficient (Wildman–Crippen LogP) is 4.41. The van der Waals surface area contributed by atoms with Crippen molar-refractivity contribution in [1.29, 1.82) is 0 Å². The summed E-state index contributed by atoms with van der Waals surface area (Å²) >= 11 is 7.18. The zero-order valence-electron chi connectivity index (χ0n) is 14.2. The lowest BCUT2D eigenvalue weighted by Gasteiger charge is -2.10. The molecule has 1 heterocycles. The highest BCUT2D eigenvalue weighted by Crippen LogP contribution is 2.25. The van der Waals surface area contributed by atoms with Crippen molar-refractivity contribution in [3.8, 4) is 5.69 Å². The number of nitrogens with one attached hydrogen (secondary N) is 1. The number of amides is 1. The molecule has 0 unspecified atom stereocenters. The summed E-state index contributed by atoms with van der Waals surface area (Å²) in [4.78, 5) is 12.2. The molecule has 2 aromatic carbocycles. The maximum atomic E-state index is 13.1. The van der Waals surface area contributed by atoms with Crippen LogP contribution in [0.5, 0.6) is 0 Å². The van der Waals surface area contributed by atoms with Crippen LogP contribution >= 0.6 is 23.4 Å². The summed E-state index contributed by atoms with van der Waals surface area (Å²) in [6, 6.07) is 9.91. The van der Waals surface area contributed by atoms with E-state index in [4.69, 9.17) is 11.6 Å². The summed E-state index contributed by atoms with van der Waals surface area (Å²) in [5, 5.41) is 11.5. The van der Waals surface area contributed by atoms with Gasteiger partial charge in [-0.3, -0.25) is 9.36 Å². The molecule has 5 nitrogen and oxygen atoms in total. The van der Waals surface area contributed by atoms with E-state index in [1.165, 1.54) is 29.5 Å². The van der Waals surface area contributed by atoms with Crippen LogP contribution in [0.15, 0.2) is 47.9 Å². The number of rotatable bonds is 5. The largest absolute Gasteiger partial charge is 0.324 e. The Hall–Kier alpha value is -2.38. The number of benzene rings is 2. The van der Waals surface area contributed by atoms with Gasteiger partial charge in [-0.15, -0.1) is 10.2 Å². The van der Waals surface area contributed by atoms with Crippen molar-refractivity contribution in [2.75, 3.05) is 11.1 Å². The van der Waals surface area contributed by atoms with Crippen LogP contribution in [0.4, 0.5) is 10.1 Å². The van der Waals surface area contributed by atoms with E-state index in [0.29, 0.717) is 10.8 Å². The van der Waals surface area contributed by atoms with E-state index in [0.717, 1.165) is 17.3 Å². The zero-order chi connectivity index (χ0) is 18.7. The van der Waals surface area contributed by atoms with Crippen molar-refractivity contribution in [2.45, 2.75) is 19.0 Å². The number of thioether (sulfide) groups is 1. The molecule has 1 amide bonds. The second-order valence-corrected chi connectivity index (χ2v) is 7.08. The standard InChI is InChI=1S/C18H16ClFN4OS/c1-11-3-6-16(12(2)7-11)24-10-21-23-18(24)26-9-17(25)22-15-5-4-13(20)8-14(15)19/h3-8,10H,9H2,1-2H3,(H,22,25). The Morgan fingerprint density at radius 3 is 2.81 bits per heavy atom. The third-order valence-corrected chi connectivity index (χ3v) is 4.92. The molecule has 0 aliphatic carbocycles. The Morgan fingerprint density at radius 2 is 2.08 bits per heavy atom. The zero-order valence-corrected chi connectivity index (χ0v) is 15.7. The van der Waals surface area contributed by atoms with E-state index >= 15 is 0 Å². The quantitative estimate of drug-likeness (QED) is 0.655. The van der Waals surface area contributed by atoms with Crippen LogP contribution in [-0.2, 0) is 4.79 Å². The summed E-state index contributed by atoms with van der Waals surface area (Å²) < 4.78 is 14.9. The van der Waals surface area contributed by atoms with Crippen molar-refractivity contribution in [3.05, 3.63) is 64.7 Å². The molecule has 0 fully saturated rings. The van der Waals surface area contributed by atoms with Crippen molar-refractivity contribution in [1.82, 2.24) is 14.8 Å². The van der Waals surface area contributed by atoms with Gasteiger partial charge in [0.05, 0.1) is 22.2 Å². The highest BCUT2D eigenvalue weighted by atomic mass is 35.5. The molecule has 0 bridgehead atoms. The monoisotopic (exact) mass is 390 g/mol. The maximum Gasteiger partial charge on any atom is 0.234 e. The summed E-state index contributed by atoms with van der Waals surface area (Å²) in [5.74, 6) is -0.597. The average molecular weight is 391 g/mol. The van der Waals surface area contributed by atoms with Crippen LogP contribution in [0.3, 0.4) is 0 Å². The molecule has 0 saturated carbocycles. The average Bonchev–Trinajstić information content (AvgIpc) is 3.04. The molecule has 134 valence electrons. The van der Waals surface area contributed by atoms with Crippen molar-refractivity contribution in [2.24, 2.45) is 0 Å². The molecule has 1 N–H and O–H groups in total. The number of aryl methyl sites for hydroxylation is 2. The second kappa shape index (κ2) is 7.88. The van der Waals surface area contributed by atoms with Crippen LogP contribution in [0.2, 0.25) is 5.02 Å². The molecule has 3 aromatic rings. The van der Waals surface area contributed by atoms with Crippen LogP contribution < -0.4 is 5.32 Å². The van der Waals surface area contributed by atoms with Crippen LogP contribution in [0.25, 0.3) is 5.69 Å². The van der Waals surface area contributed by atoms with Gasteiger partial charge in [-0.05, 0) is 43.7 Å². The van der Waals surface area contributed by atoms with Gasteiger partial charge in [0, 0.05) is 0 Å². The van der Waals surface area contributed by atoms with Crippen LogP contribution in [0, 0.1) is 19.7 Å². The third-order valence-electron chi connectivity index (χ3n) is 3.67. The van der Waals surface area contributed by atoms with E-state index in [1.807, 2.05) is 30.5 Å². The van der Waals surface area contributed by atoms with Gasteiger partial charge in [0.25, 0.3) is 0 Å². The second-order valence-electron chi connectivity index (χ2n) is 5.73. The summed E-state index contributed by atoms with van der Waals surface area (Å²) in [7, 11) is 0. The van der Waals surface area contributed by atoms with Crippen LogP contribution in [0.1, 0.15) is 11.1 Å². The van der Waals surface area contributed by atoms with E-state index in [9.17, 15) is 9.18 Å². The Balaban J connectivity index is 1.69. The minimum absolute atomic E-state index is 0.122. The molecular formula is C18H16ClFN4OS. The summed E-state index contributed by atoms with van der Waals surface area (Å²) in [5.41, 5.74) is 3.60. The van der Waals surface area contributed by atoms with Crippen LogP contribution in [-0.4, -0.2) is 26.4 Å². The first-order valence-electron chi connectivity index (χ1n) is 7.79. The minimum atomic E-state index is -0.455. The highest BCUT2D eigenvalue weighted by molar-refractivity contribution is 7.99. The smallest absolute Gasteiger partial charge is 0.234 e. The number of anilines is 1. The highest BCUT2D eigenvalue weighted by Gasteiger charge is 2.13. The Labute approximate surface area is 159 Å². The number of hydrogen-bond donors (Lipinski definition) is 1. The minimum Gasteiger partial charge on any atom is -0.324 e. The molecule has 0 spiro atoms. The van der Waals surface area contributed by atoms with Gasteiger partial charge in [-0.1, -0.05) is 41.1 Å². The van der Waals surface area contributed by atoms with Gasteiger partial charge >= 0.3 is 0 Å². The number of nitrogens with zero attached hydrogens (tertiary/aromatic N) is 3. The summed E-state index contributed by atoms with van der Waals surface area (Å²) in [6.45, 7) is 4.05. The van der Waals surface area contributed by atoms with Crippen molar-refractivity contribution in [3.63, 3.8) is 0 Å². The third kappa shape index (κ3) is 4.23. The van der Waals surface area contributed by atoms with Crippen molar-refractivity contribution >= 4 is 35.0 Å². The van der Waals surface area contributed by atoms with E-state index in [-0.39, 0.29) is 16.7 Å². The number of carbonyl (C=O) groups is 1. The van der Waals surface area contributed by atoms with Gasteiger partial charge in [0.15, 0.2) is 5.16 Å². The fourth-order valence-electron chi connectivity index (χ4n) is 2.47. The van der Waals surface area contributed by atoms with Crippen molar-refractivity contribution < 1.29 is 9.18 Å². The van der Waals surface area contributed by atoms with Gasteiger partial charge in [0.1, 0.15) is 12.1 Å². The first-order valence-corrected chi connectivity index (χ1v) is 9.16. The van der Waals surface area contributed by atoms with Gasteiger partial charge in [-0.2, -0.15) is 0 Å². The van der Waals surface area contributed by atoms with Gasteiger partial charge in [0.2, 0.25) is 5.91 Å².